The number of nitriles is 1. The van der Waals surface area contributed by atoms with Gasteiger partial charge in [0.25, 0.3) is 0 Å². The topological polar surface area (TPSA) is 23.8 Å². The molecule has 0 aliphatic carbocycles. The first kappa shape index (κ1) is 9.05. The highest BCUT2D eigenvalue weighted by Gasteiger charge is 2.04. The number of nitrogens with zero attached hydrogens (tertiary/aromatic N) is 1. The number of halogens is 3. The SMILES string of the molecule is N#Cc1cc(Cl)cc(Br)c1Br. The Labute approximate surface area is 86.2 Å². The van der Waals surface area contributed by atoms with E-state index in [1.165, 1.54) is 0 Å². The Morgan fingerprint density at radius 1 is 1.36 bits per heavy atom. The van der Waals surface area contributed by atoms with Gasteiger partial charge >= 0.3 is 0 Å². The van der Waals surface area contributed by atoms with Crippen molar-refractivity contribution in [3.05, 3.63) is 31.7 Å². The van der Waals surface area contributed by atoms with Crippen molar-refractivity contribution in [3.8, 4) is 6.07 Å². The number of hydrogen-bond donors (Lipinski definition) is 0. The average Bonchev–Trinajstić information content (AvgIpc) is 1.96. The lowest BCUT2D eigenvalue weighted by atomic mass is 10.2. The molecule has 1 rings (SSSR count). The maximum Gasteiger partial charge on any atom is 0.100 e. The largest absolute Gasteiger partial charge is 0.192 e. The summed E-state index contributed by atoms with van der Waals surface area (Å²) in [6.45, 7) is 0. The van der Waals surface area contributed by atoms with Gasteiger partial charge < -0.3 is 0 Å². The summed E-state index contributed by atoms with van der Waals surface area (Å²) in [5.74, 6) is 0. The molecule has 0 atom stereocenters. The molecule has 0 unspecified atom stereocenters. The fraction of sp³-hybridized carbons (Fsp3) is 0. The zero-order valence-corrected chi connectivity index (χ0v) is 9.16. The van der Waals surface area contributed by atoms with Crippen LogP contribution in [0.15, 0.2) is 21.1 Å². The van der Waals surface area contributed by atoms with E-state index in [0.717, 1.165) is 8.95 Å². The van der Waals surface area contributed by atoms with Crippen molar-refractivity contribution in [2.45, 2.75) is 0 Å². The standard InChI is InChI=1S/C7H2Br2ClN/c8-6-2-5(10)1-4(3-11)7(6)9/h1-2H. The Balaban J connectivity index is 3.39. The molecule has 56 valence electrons. The lowest BCUT2D eigenvalue weighted by Crippen LogP contribution is -1.78. The smallest absolute Gasteiger partial charge is 0.100 e. The molecule has 0 aliphatic rings. The molecule has 1 aromatic carbocycles. The summed E-state index contributed by atoms with van der Waals surface area (Å²) in [6, 6.07) is 5.35. The van der Waals surface area contributed by atoms with Crippen LogP contribution in [0.4, 0.5) is 0 Å². The van der Waals surface area contributed by atoms with E-state index in [4.69, 9.17) is 16.9 Å². The number of rotatable bonds is 0. The molecule has 0 fully saturated rings. The summed E-state index contributed by atoms with van der Waals surface area (Å²) >= 11 is 12.2. The first-order valence-corrected chi connectivity index (χ1v) is 4.66. The summed E-state index contributed by atoms with van der Waals surface area (Å²) in [7, 11) is 0. The first-order valence-electron chi connectivity index (χ1n) is 2.70. The van der Waals surface area contributed by atoms with Crippen LogP contribution >= 0.6 is 43.5 Å². The molecule has 0 bridgehead atoms. The second kappa shape index (κ2) is 3.57. The molecule has 0 heterocycles. The van der Waals surface area contributed by atoms with Gasteiger partial charge in [-0.3, -0.25) is 0 Å². The van der Waals surface area contributed by atoms with Crippen LogP contribution in [-0.4, -0.2) is 0 Å². The van der Waals surface area contributed by atoms with E-state index >= 15 is 0 Å². The van der Waals surface area contributed by atoms with Crippen LogP contribution in [0.5, 0.6) is 0 Å². The minimum Gasteiger partial charge on any atom is -0.192 e. The van der Waals surface area contributed by atoms with E-state index in [9.17, 15) is 0 Å². The van der Waals surface area contributed by atoms with Gasteiger partial charge in [-0.05, 0) is 44.0 Å². The molecule has 4 heteroatoms. The van der Waals surface area contributed by atoms with Crippen LogP contribution in [0.2, 0.25) is 5.02 Å². The molecule has 0 saturated carbocycles. The molecule has 0 radical (unpaired) electrons. The molecular weight excluding hydrogens is 293 g/mol. The molecular formula is C7H2Br2ClN. The van der Waals surface area contributed by atoms with Crippen LogP contribution in [0.1, 0.15) is 5.56 Å². The number of benzene rings is 1. The van der Waals surface area contributed by atoms with Crippen molar-refractivity contribution >= 4 is 43.5 Å². The summed E-state index contributed by atoms with van der Waals surface area (Å²) in [4.78, 5) is 0. The van der Waals surface area contributed by atoms with Gasteiger partial charge in [0, 0.05) is 14.0 Å². The molecule has 0 aliphatic heterocycles. The van der Waals surface area contributed by atoms with Crippen LogP contribution < -0.4 is 0 Å². The predicted molar refractivity (Wildman–Crippen MR) is 51.6 cm³/mol. The van der Waals surface area contributed by atoms with Crippen LogP contribution in [0.25, 0.3) is 0 Å². The van der Waals surface area contributed by atoms with Gasteiger partial charge in [0.1, 0.15) is 6.07 Å². The molecule has 0 aromatic heterocycles. The lowest BCUT2D eigenvalue weighted by Gasteiger charge is -1.98. The lowest BCUT2D eigenvalue weighted by molar-refractivity contribution is 1.45. The van der Waals surface area contributed by atoms with Crippen molar-refractivity contribution in [2.24, 2.45) is 0 Å². The predicted octanol–water partition coefficient (Wildman–Crippen LogP) is 3.74. The maximum atomic E-state index is 8.61. The Morgan fingerprint density at radius 2 is 2.00 bits per heavy atom. The van der Waals surface area contributed by atoms with Gasteiger partial charge in [-0.1, -0.05) is 11.6 Å². The van der Waals surface area contributed by atoms with Crippen LogP contribution in [0.3, 0.4) is 0 Å². The summed E-state index contributed by atoms with van der Waals surface area (Å²) in [6.07, 6.45) is 0. The Kier molecular flexibility index (Phi) is 2.94. The highest BCUT2D eigenvalue weighted by molar-refractivity contribution is 9.13. The Morgan fingerprint density at radius 3 is 2.55 bits per heavy atom. The minimum absolute atomic E-state index is 0.532. The quantitative estimate of drug-likeness (QED) is 0.669. The third kappa shape index (κ3) is 1.96. The Hall–Kier alpha value is -0.0400. The van der Waals surface area contributed by atoms with E-state index in [2.05, 4.69) is 31.9 Å². The zero-order valence-electron chi connectivity index (χ0n) is 5.24. The van der Waals surface area contributed by atoms with E-state index in [0.29, 0.717) is 10.6 Å². The molecule has 11 heavy (non-hydrogen) atoms. The third-order valence-corrected chi connectivity index (χ3v) is 3.34. The summed E-state index contributed by atoms with van der Waals surface area (Å²) < 4.78 is 1.53. The molecule has 1 nitrogen and oxygen atoms in total. The maximum absolute atomic E-state index is 8.61. The van der Waals surface area contributed by atoms with Gasteiger partial charge in [-0.2, -0.15) is 5.26 Å². The third-order valence-electron chi connectivity index (χ3n) is 1.11. The zero-order chi connectivity index (χ0) is 8.43. The van der Waals surface area contributed by atoms with Gasteiger partial charge in [-0.25, -0.2) is 0 Å². The highest BCUT2D eigenvalue weighted by atomic mass is 79.9. The van der Waals surface area contributed by atoms with E-state index < -0.39 is 0 Å². The summed E-state index contributed by atoms with van der Waals surface area (Å²) in [5, 5.41) is 9.16. The fourth-order valence-corrected chi connectivity index (χ4v) is 1.77. The van der Waals surface area contributed by atoms with Gasteiger partial charge in [0.15, 0.2) is 0 Å². The van der Waals surface area contributed by atoms with E-state index in [-0.39, 0.29) is 0 Å². The number of hydrogen-bond acceptors (Lipinski definition) is 1. The van der Waals surface area contributed by atoms with E-state index in [1.54, 1.807) is 12.1 Å². The van der Waals surface area contributed by atoms with Gasteiger partial charge in [-0.15, -0.1) is 0 Å². The average molecular weight is 295 g/mol. The molecule has 0 N–H and O–H groups in total. The van der Waals surface area contributed by atoms with Gasteiger partial charge in [0.05, 0.1) is 5.56 Å². The van der Waals surface area contributed by atoms with Crippen molar-refractivity contribution in [3.63, 3.8) is 0 Å². The van der Waals surface area contributed by atoms with Crippen molar-refractivity contribution in [2.75, 3.05) is 0 Å². The van der Waals surface area contributed by atoms with Gasteiger partial charge in [0.2, 0.25) is 0 Å². The molecule has 0 saturated heterocycles. The molecule has 0 spiro atoms. The van der Waals surface area contributed by atoms with Crippen LogP contribution in [-0.2, 0) is 0 Å². The second-order valence-corrected chi connectivity index (χ2v) is 3.94. The molecule has 1 aromatic rings. The first-order chi connectivity index (χ1) is 5.15. The minimum atomic E-state index is 0.532. The monoisotopic (exact) mass is 293 g/mol. The van der Waals surface area contributed by atoms with E-state index in [1.807, 2.05) is 6.07 Å². The normalized spacial score (nSPS) is 9.27. The van der Waals surface area contributed by atoms with Crippen molar-refractivity contribution in [1.82, 2.24) is 0 Å². The summed E-state index contributed by atoms with van der Waals surface area (Å²) in [5.41, 5.74) is 0.532. The van der Waals surface area contributed by atoms with Crippen molar-refractivity contribution < 1.29 is 0 Å². The molecule has 0 amide bonds. The van der Waals surface area contributed by atoms with Crippen LogP contribution in [0, 0.1) is 11.3 Å². The van der Waals surface area contributed by atoms with Crippen molar-refractivity contribution in [1.29, 1.82) is 5.26 Å². The fourth-order valence-electron chi connectivity index (χ4n) is 0.637. The Bertz CT molecular complexity index is 330. The highest BCUT2D eigenvalue weighted by Crippen LogP contribution is 2.29. The second-order valence-electron chi connectivity index (χ2n) is 1.86.